The van der Waals surface area contributed by atoms with Gasteiger partial charge >= 0.3 is 0 Å². The number of hydrogen-bond donors (Lipinski definition) is 0. The number of ketones is 1. The maximum Gasteiger partial charge on any atom is 0.234 e. The standard InChI is InChI=1S/C13H19NO3/c1-5-7(2)8(15)6-14-11(16)9-10(12(14)17)13(9,3)4/h7,9-10H,5-6H2,1-4H3. The Labute approximate surface area is 101 Å². The van der Waals surface area contributed by atoms with Crippen LogP contribution in [0, 0.1) is 23.2 Å². The lowest BCUT2D eigenvalue weighted by atomic mass is 10.0. The number of fused-ring (bicyclic) bond motifs is 1. The number of imide groups is 1. The monoisotopic (exact) mass is 237 g/mol. The number of carbonyl (C=O) groups excluding carboxylic acids is 3. The van der Waals surface area contributed by atoms with Crippen LogP contribution in [-0.2, 0) is 14.4 Å². The normalized spacial score (nSPS) is 31.4. The van der Waals surface area contributed by atoms with Crippen molar-refractivity contribution in [2.75, 3.05) is 6.54 Å². The van der Waals surface area contributed by atoms with E-state index in [0.29, 0.717) is 0 Å². The Bertz CT molecular complexity index is 375. The first kappa shape index (κ1) is 12.3. The summed E-state index contributed by atoms with van der Waals surface area (Å²) in [7, 11) is 0. The van der Waals surface area contributed by atoms with Crippen molar-refractivity contribution in [1.82, 2.24) is 4.90 Å². The van der Waals surface area contributed by atoms with E-state index in [4.69, 9.17) is 0 Å². The van der Waals surface area contributed by atoms with E-state index in [9.17, 15) is 14.4 Å². The third-order valence-corrected chi connectivity index (χ3v) is 4.37. The van der Waals surface area contributed by atoms with Crippen LogP contribution in [0.5, 0.6) is 0 Å². The minimum Gasteiger partial charge on any atom is -0.297 e. The van der Waals surface area contributed by atoms with Crippen LogP contribution < -0.4 is 0 Å². The Morgan fingerprint density at radius 3 is 2.18 bits per heavy atom. The van der Waals surface area contributed by atoms with E-state index >= 15 is 0 Å². The summed E-state index contributed by atoms with van der Waals surface area (Å²) < 4.78 is 0. The van der Waals surface area contributed by atoms with Gasteiger partial charge in [-0.3, -0.25) is 19.3 Å². The molecule has 3 atom stereocenters. The lowest BCUT2D eigenvalue weighted by molar-refractivity contribution is -0.146. The van der Waals surface area contributed by atoms with Gasteiger partial charge in [0, 0.05) is 5.92 Å². The van der Waals surface area contributed by atoms with Crippen molar-refractivity contribution in [1.29, 1.82) is 0 Å². The summed E-state index contributed by atoms with van der Waals surface area (Å²) in [6.07, 6.45) is 0.743. The number of hydrogen-bond acceptors (Lipinski definition) is 3. The molecule has 2 rings (SSSR count). The molecule has 1 heterocycles. The average Bonchev–Trinajstić information content (AvgIpc) is 2.74. The van der Waals surface area contributed by atoms with Gasteiger partial charge in [-0.2, -0.15) is 0 Å². The van der Waals surface area contributed by atoms with Crippen LogP contribution in [0.25, 0.3) is 0 Å². The number of carbonyl (C=O) groups is 3. The quantitative estimate of drug-likeness (QED) is 0.691. The maximum atomic E-state index is 12.0. The second kappa shape index (κ2) is 3.65. The van der Waals surface area contributed by atoms with Gasteiger partial charge in [-0.05, 0) is 11.8 Å². The zero-order valence-corrected chi connectivity index (χ0v) is 10.8. The highest BCUT2D eigenvalue weighted by atomic mass is 16.2. The van der Waals surface area contributed by atoms with Crippen LogP contribution in [0.1, 0.15) is 34.1 Å². The van der Waals surface area contributed by atoms with Crippen LogP contribution in [0.2, 0.25) is 0 Å². The molecular formula is C13H19NO3. The first-order valence-corrected chi connectivity index (χ1v) is 6.20. The molecule has 0 bridgehead atoms. The summed E-state index contributed by atoms with van der Waals surface area (Å²) in [6, 6.07) is 0. The summed E-state index contributed by atoms with van der Waals surface area (Å²) >= 11 is 0. The molecule has 2 amide bonds. The number of nitrogens with zero attached hydrogens (tertiary/aromatic N) is 1. The molecule has 3 unspecified atom stereocenters. The Balaban J connectivity index is 2.05. The Hall–Kier alpha value is -1.19. The molecule has 4 nitrogen and oxygen atoms in total. The Kier molecular flexibility index (Phi) is 2.64. The lowest BCUT2D eigenvalue weighted by Gasteiger charge is -2.21. The molecule has 1 aliphatic heterocycles. The molecule has 0 radical (unpaired) electrons. The SMILES string of the molecule is CCC(C)C(=O)CN1C(=O)C2C(C1=O)C2(C)C. The van der Waals surface area contributed by atoms with Gasteiger partial charge < -0.3 is 0 Å². The molecule has 1 saturated heterocycles. The summed E-state index contributed by atoms with van der Waals surface area (Å²) in [5.74, 6) is -0.767. The molecule has 0 aromatic carbocycles. The van der Waals surface area contributed by atoms with Crippen molar-refractivity contribution >= 4 is 17.6 Å². The van der Waals surface area contributed by atoms with Crippen LogP contribution >= 0.6 is 0 Å². The molecule has 1 aliphatic carbocycles. The predicted molar refractivity (Wildman–Crippen MR) is 61.9 cm³/mol. The molecule has 0 aromatic heterocycles. The van der Waals surface area contributed by atoms with Gasteiger partial charge in [0.2, 0.25) is 11.8 Å². The van der Waals surface area contributed by atoms with Crippen molar-refractivity contribution in [2.24, 2.45) is 23.2 Å². The third-order valence-electron chi connectivity index (χ3n) is 4.37. The van der Waals surface area contributed by atoms with E-state index in [1.165, 1.54) is 0 Å². The number of amides is 2. The number of Topliss-reactive ketones (excluding diaryl/α,β-unsaturated/α-hetero) is 1. The van der Waals surface area contributed by atoms with E-state index in [2.05, 4.69) is 0 Å². The smallest absolute Gasteiger partial charge is 0.234 e. The number of rotatable bonds is 4. The topological polar surface area (TPSA) is 54.5 Å². The van der Waals surface area contributed by atoms with E-state index < -0.39 is 0 Å². The second-order valence-electron chi connectivity index (χ2n) is 5.81. The maximum absolute atomic E-state index is 12.0. The zero-order valence-electron chi connectivity index (χ0n) is 10.8. The molecule has 17 heavy (non-hydrogen) atoms. The summed E-state index contributed by atoms with van der Waals surface area (Å²) in [5.41, 5.74) is -0.190. The average molecular weight is 237 g/mol. The van der Waals surface area contributed by atoms with Crippen LogP contribution in [-0.4, -0.2) is 29.0 Å². The molecule has 4 heteroatoms. The van der Waals surface area contributed by atoms with Gasteiger partial charge in [0.25, 0.3) is 0 Å². The fraction of sp³-hybridized carbons (Fsp3) is 0.769. The van der Waals surface area contributed by atoms with Crippen molar-refractivity contribution in [3.8, 4) is 0 Å². The first-order valence-electron chi connectivity index (χ1n) is 6.20. The fourth-order valence-corrected chi connectivity index (χ4v) is 2.70. The van der Waals surface area contributed by atoms with Gasteiger partial charge in [-0.15, -0.1) is 0 Å². The molecular weight excluding hydrogens is 218 g/mol. The van der Waals surface area contributed by atoms with E-state index in [1.54, 1.807) is 0 Å². The predicted octanol–water partition coefficient (Wildman–Crippen LogP) is 1.24. The Morgan fingerprint density at radius 1 is 1.29 bits per heavy atom. The molecule has 0 aromatic rings. The Morgan fingerprint density at radius 2 is 1.76 bits per heavy atom. The summed E-state index contributed by atoms with van der Waals surface area (Å²) in [6.45, 7) is 7.60. The first-order chi connectivity index (χ1) is 7.82. The molecule has 2 fully saturated rings. The fourth-order valence-electron chi connectivity index (χ4n) is 2.70. The van der Waals surface area contributed by atoms with Gasteiger partial charge in [-0.25, -0.2) is 0 Å². The second-order valence-corrected chi connectivity index (χ2v) is 5.81. The number of likely N-dealkylation sites (tertiary alicyclic amines) is 1. The molecule has 0 spiro atoms. The van der Waals surface area contributed by atoms with Crippen LogP contribution in [0.3, 0.4) is 0 Å². The zero-order chi connectivity index (χ0) is 13.0. The van der Waals surface area contributed by atoms with E-state index in [0.717, 1.165) is 11.3 Å². The molecule has 2 aliphatic rings. The third kappa shape index (κ3) is 1.61. The summed E-state index contributed by atoms with van der Waals surface area (Å²) in [5, 5.41) is 0. The van der Waals surface area contributed by atoms with E-state index in [1.807, 2.05) is 27.7 Å². The minimum absolute atomic E-state index is 0.0201. The van der Waals surface area contributed by atoms with Crippen molar-refractivity contribution < 1.29 is 14.4 Å². The molecule has 94 valence electrons. The highest BCUT2D eigenvalue weighted by Crippen LogP contribution is 2.63. The lowest BCUT2D eigenvalue weighted by Crippen LogP contribution is -2.41. The van der Waals surface area contributed by atoms with Gasteiger partial charge in [0.05, 0.1) is 18.4 Å². The largest absolute Gasteiger partial charge is 0.297 e. The van der Waals surface area contributed by atoms with Crippen molar-refractivity contribution in [3.63, 3.8) is 0 Å². The van der Waals surface area contributed by atoms with E-state index in [-0.39, 0.29) is 47.3 Å². The highest BCUT2D eigenvalue weighted by molar-refractivity contribution is 6.12. The minimum atomic E-state index is -0.190. The van der Waals surface area contributed by atoms with Gasteiger partial charge in [-0.1, -0.05) is 27.7 Å². The number of piperidine rings is 1. The molecule has 0 N–H and O–H groups in total. The van der Waals surface area contributed by atoms with Crippen LogP contribution in [0.4, 0.5) is 0 Å². The van der Waals surface area contributed by atoms with Gasteiger partial charge in [0.15, 0.2) is 5.78 Å². The summed E-state index contributed by atoms with van der Waals surface area (Å²) in [4.78, 5) is 36.9. The molecule has 1 saturated carbocycles. The van der Waals surface area contributed by atoms with Crippen LogP contribution in [0.15, 0.2) is 0 Å². The van der Waals surface area contributed by atoms with Crippen molar-refractivity contribution in [2.45, 2.75) is 34.1 Å². The van der Waals surface area contributed by atoms with Crippen molar-refractivity contribution in [3.05, 3.63) is 0 Å². The highest BCUT2D eigenvalue weighted by Gasteiger charge is 2.72. The van der Waals surface area contributed by atoms with Gasteiger partial charge in [0.1, 0.15) is 0 Å².